The maximum absolute atomic E-state index is 12.5. The Morgan fingerprint density at radius 1 is 1.16 bits per heavy atom. The number of esters is 1. The van der Waals surface area contributed by atoms with Gasteiger partial charge < -0.3 is 30.9 Å². The van der Waals surface area contributed by atoms with Crippen molar-refractivity contribution in [2.45, 2.75) is 38.5 Å². The van der Waals surface area contributed by atoms with Gasteiger partial charge in [0.25, 0.3) is 0 Å². The molecule has 0 radical (unpaired) electrons. The van der Waals surface area contributed by atoms with Gasteiger partial charge in [0.15, 0.2) is 29.5 Å². The molecule has 8 nitrogen and oxygen atoms in total. The minimum absolute atomic E-state index is 0.0553. The van der Waals surface area contributed by atoms with Crippen molar-refractivity contribution in [2.75, 3.05) is 0 Å². The third-order valence-electron chi connectivity index (χ3n) is 3.83. The zero-order valence-electron chi connectivity index (χ0n) is 14.0. The molecule has 0 aliphatic heterocycles. The zero-order valence-corrected chi connectivity index (χ0v) is 14.0. The number of phenols is 2. The quantitative estimate of drug-likeness (QED) is 0.395. The van der Waals surface area contributed by atoms with Crippen LogP contribution in [-0.2, 0) is 16.0 Å². The molecule has 1 aromatic heterocycles. The van der Waals surface area contributed by atoms with Crippen molar-refractivity contribution in [3.8, 4) is 23.3 Å². The van der Waals surface area contributed by atoms with Gasteiger partial charge in [-0.2, -0.15) is 0 Å². The van der Waals surface area contributed by atoms with Gasteiger partial charge in [-0.3, -0.25) is 0 Å². The number of ether oxygens (including phenoxy) is 1. The van der Waals surface area contributed by atoms with Crippen LogP contribution in [0.1, 0.15) is 32.1 Å². The van der Waals surface area contributed by atoms with Crippen molar-refractivity contribution in [1.29, 1.82) is 0 Å². The topological polar surface area (TPSA) is 138 Å². The van der Waals surface area contributed by atoms with Gasteiger partial charge in [-0.25, -0.2) is 9.36 Å². The highest BCUT2D eigenvalue weighted by Crippen LogP contribution is 2.31. The van der Waals surface area contributed by atoms with E-state index in [4.69, 9.17) is 10.5 Å². The van der Waals surface area contributed by atoms with E-state index in [0.717, 1.165) is 4.57 Å². The lowest BCUT2D eigenvalue weighted by molar-refractivity contribution is -0.160. The smallest absolute Gasteiger partial charge is 0.328 e. The normalized spacial score (nSPS) is 14.7. The van der Waals surface area contributed by atoms with Crippen LogP contribution >= 0.6 is 0 Å². The maximum Gasteiger partial charge on any atom is 0.328 e. The molecule has 136 valence electrons. The van der Waals surface area contributed by atoms with Gasteiger partial charge in [0.05, 0.1) is 0 Å². The third-order valence-corrected chi connectivity index (χ3v) is 3.83. The SMILES string of the molecule is CCC(OC(=O)[C@@](C)(N)Cc1ccc(O)c(O)c1)n1c(O)ccc1O. The van der Waals surface area contributed by atoms with E-state index < -0.39 is 17.7 Å². The molecule has 1 heterocycles. The summed E-state index contributed by atoms with van der Waals surface area (Å²) < 4.78 is 6.45. The summed E-state index contributed by atoms with van der Waals surface area (Å²) in [6.45, 7) is 3.20. The first kappa shape index (κ1) is 18.5. The second kappa shape index (κ2) is 6.94. The minimum atomic E-state index is -1.42. The van der Waals surface area contributed by atoms with Gasteiger partial charge in [-0.15, -0.1) is 0 Å². The molecule has 8 heteroatoms. The average Bonchev–Trinajstić information content (AvgIpc) is 2.87. The molecule has 0 amide bonds. The molecule has 2 aromatic rings. The highest BCUT2D eigenvalue weighted by molar-refractivity contribution is 5.80. The van der Waals surface area contributed by atoms with Crippen LogP contribution in [0.2, 0.25) is 0 Å². The van der Waals surface area contributed by atoms with Crippen LogP contribution in [0, 0.1) is 0 Å². The predicted molar refractivity (Wildman–Crippen MR) is 89.2 cm³/mol. The Morgan fingerprint density at radius 2 is 1.76 bits per heavy atom. The van der Waals surface area contributed by atoms with E-state index in [0.29, 0.717) is 12.0 Å². The number of phenolic OH excluding ortho intramolecular Hbond substituents is 2. The number of carbonyl (C=O) groups is 1. The largest absolute Gasteiger partial charge is 0.504 e. The van der Waals surface area contributed by atoms with Crippen LogP contribution in [0.5, 0.6) is 23.3 Å². The molecule has 0 aliphatic carbocycles. The van der Waals surface area contributed by atoms with Gasteiger partial charge in [0, 0.05) is 25.0 Å². The number of hydrogen-bond donors (Lipinski definition) is 5. The number of nitrogens with two attached hydrogens (primary N) is 1. The number of nitrogens with zero attached hydrogens (tertiary/aromatic N) is 1. The van der Waals surface area contributed by atoms with Crippen LogP contribution in [0.15, 0.2) is 30.3 Å². The van der Waals surface area contributed by atoms with Gasteiger partial charge in [0.2, 0.25) is 0 Å². The Hall–Kier alpha value is -2.87. The fourth-order valence-corrected chi connectivity index (χ4v) is 2.47. The predicted octanol–water partition coefficient (Wildman–Crippen LogP) is 1.72. The Balaban J connectivity index is 2.15. The average molecular weight is 350 g/mol. The number of rotatable bonds is 6. The first-order valence-electron chi connectivity index (χ1n) is 7.75. The van der Waals surface area contributed by atoms with Gasteiger partial charge in [0.1, 0.15) is 5.54 Å². The second-order valence-corrected chi connectivity index (χ2v) is 6.11. The summed E-state index contributed by atoms with van der Waals surface area (Å²) in [5.74, 6) is -1.79. The van der Waals surface area contributed by atoms with Crippen molar-refractivity contribution in [3.63, 3.8) is 0 Å². The summed E-state index contributed by atoms with van der Waals surface area (Å²) in [5, 5.41) is 38.4. The highest BCUT2D eigenvalue weighted by atomic mass is 16.6. The summed E-state index contributed by atoms with van der Waals surface area (Å²) in [6, 6.07) is 6.72. The van der Waals surface area contributed by atoms with Crippen LogP contribution in [-0.4, -0.2) is 36.5 Å². The summed E-state index contributed by atoms with van der Waals surface area (Å²) in [4.78, 5) is 12.5. The number of aromatic nitrogens is 1. The van der Waals surface area contributed by atoms with Crippen LogP contribution < -0.4 is 5.73 Å². The van der Waals surface area contributed by atoms with Gasteiger partial charge in [-0.1, -0.05) is 13.0 Å². The molecule has 0 saturated carbocycles. The lowest BCUT2D eigenvalue weighted by Gasteiger charge is -2.27. The molecule has 1 unspecified atom stereocenters. The summed E-state index contributed by atoms with van der Waals surface area (Å²) in [5.41, 5.74) is 5.18. The van der Waals surface area contributed by atoms with E-state index >= 15 is 0 Å². The Kier molecular flexibility index (Phi) is 5.13. The Bertz CT molecular complexity index is 749. The number of benzene rings is 1. The molecule has 2 rings (SSSR count). The van der Waals surface area contributed by atoms with Crippen LogP contribution in [0.3, 0.4) is 0 Å². The monoisotopic (exact) mass is 350 g/mol. The van der Waals surface area contributed by atoms with Crippen molar-refractivity contribution in [3.05, 3.63) is 35.9 Å². The molecule has 0 aliphatic rings. The fraction of sp³-hybridized carbons (Fsp3) is 0.353. The van der Waals surface area contributed by atoms with E-state index in [1.165, 1.54) is 37.3 Å². The lowest BCUT2D eigenvalue weighted by Crippen LogP contribution is -2.48. The second-order valence-electron chi connectivity index (χ2n) is 6.11. The first-order chi connectivity index (χ1) is 11.7. The molecule has 2 atom stereocenters. The van der Waals surface area contributed by atoms with E-state index in [-0.39, 0.29) is 29.7 Å². The number of aromatic hydroxyl groups is 4. The maximum atomic E-state index is 12.5. The van der Waals surface area contributed by atoms with Gasteiger partial charge in [-0.05, 0) is 24.6 Å². The summed E-state index contributed by atoms with van der Waals surface area (Å²) in [7, 11) is 0. The van der Waals surface area contributed by atoms with Gasteiger partial charge >= 0.3 is 5.97 Å². The Morgan fingerprint density at radius 3 is 2.28 bits per heavy atom. The number of hydrogen-bond acceptors (Lipinski definition) is 7. The fourth-order valence-electron chi connectivity index (χ4n) is 2.47. The van der Waals surface area contributed by atoms with Crippen LogP contribution in [0.25, 0.3) is 0 Å². The summed E-state index contributed by atoms with van der Waals surface area (Å²) in [6.07, 6.45) is -0.559. The summed E-state index contributed by atoms with van der Waals surface area (Å²) >= 11 is 0. The van der Waals surface area contributed by atoms with E-state index in [9.17, 15) is 25.2 Å². The highest BCUT2D eigenvalue weighted by Gasteiger charge is 2.33. The van der Waals surface area contributed by atoms with Crippen molar-refractivity contribution >= 4 is 5.97 Å². The van der Waals surface area contributed by atoms with E-state index in [1.807, 2.05) is 0 Å². The molecular weight excluding hydrogens is 328 g/mol. The Labute approximate surface area is 144 Å². The molecular formula is C17H22N2O6. The van der Waals surface area contributed by atoms with Crippen molar-refractivity contribution in [2.24, 2.45) is 5.73 Å². The standard InChI is InChI=1S/C17H22N2O6/c1-3-15(19-13(22)6-7-14(19)23)25-16(24)17(2,18)9-10-4-5-11(20)12(21)8-10/h4-8,15,20-23H,3,9,18H2,1-2H3/t15?,17-/m0/s1. The molecule has 0 fully saturated rings. The first-order valence-corrected chi connectivity index (χ1v) is 7.75. The molecule has 6 N–H and O–H groups in total. The van der Waals surface area contributed by atoms with Crippen molar-refractivity contribution < 1.29 is 30.0 Å². The molecule has 0 spiro atoms. The molecule has 1 aromatic carbocycles. The number of carbonyl (C=O) groups excluding carboxylic acids is 1. The van der Waals surface area contributed by atoms with Crippen molar-refractivity contribution in [1.82, 2.24) is 4.57 Å². The molecule has 25 heavy (non-hydrogen) atoms. The minimum Gasteiger partial charge on any atom is -0.504 e. The third kappa shape index (κ3) is 3.97. The molecule has 0 saturated heterocycles. The van der Waals surface area contributed by atoms with E-state index in [1.54, 1.807) is 6.92 Å². The zero-order chi connectivity index (χ0) is 18.8. The molecule has 0 bridgehead atoms. The van der Waals surface area contributed by atoms with E-state index in [2.05, 4.69) is 0 Å². The van der Waals surface area contributed by atoms with Crippen LogP contribution in [0.4, 0.5) is 0 Å². The lowest BCUT2D eigenvalue weighted by atomic mass is 9.94.